The van der Waals surface area contributed by atoms with Crippen LogP contribution in [0.15, 0.2) is 28.3 Å². The van der Waals surface area contributed by atoms with Crippen molar-refractivity contribution >= 4 is 27.7 Å². The number of hydrogen-bond acceptors (Lipinski definition) is 5. The highest BCUT2D eigenvalue weighted by atomic mass is 32.2. The molecular weight excluding hydrogens is 346 g/mol. The lowest BCUT2D eigenvalue weighted by atomic mass is 10.4. The fourth-order valence-electron chi connectivity index (χ4n) is 2.72. The van der Waals surface area contributed by atoms with Crippen LogP contribution in [0.2, 0.25) is 0 Å². The third-order valence-corrected chi connectivity index (χ3v) is 7.22. The van der Waals surface area contributed by atoms with Crippen molar-refractivity contribution in [2.24, 2.45) is 5.92 Å². The van der Waals surface area contributed by atoms with Gasteiger partial charge in [0.05, 0.1) is 10.8 Å². The van der Waals surface area contributed by atoms with E-state index in [4.69, 9.17) is 0 Å². The molecule has 24 heavy (non-hydrogen) atoms. The summed E-state index contributed by atoms with van der Waals surface area (Å²) in [6.45, 7) is 2.00. The maximum atomic E-state index is 12.4. The zero-order valence-corrected chi connectivity index (χ0v) is 15.5. The van der Waals surface area contributed by atoms with Crippen LogP contribution in [0.25, 0.3) is 0 Å². The molecule has 0 aromatic carbocycles. The molecule has 0 radical (unpaired) electrons. The van der Waals surface area contributed by atoms with Gasteiger partial charge in [0.1, 0.15) is 4.90 Å². The smallest absolute Gasteiger partial charge is 0.244 e. The number of amides is 1. The van der Waals surface area contributed by atoms with Gasteiger partial charge in [-0.05, 0) is 43.7 Å². The van der Waals surface area contributed by atoms with Gasteiger partial charge < -0.3 is 4.90 Å². The van der Waals surface area contributed by atoms with E-state index in [-0.39, 0.29) is 10.8 Å². The Hall–Kier alpha value is -1.12. The van der Waals surface area contributed by atoms with Crippen molar-refractivity contribution in [1.29, 1.82) is 0 Å². The highest BCUT2D eigenvalue weighted by Crippen LogP contribution is 2.29. The van der Waals surface area contributed by atoms with Crippen LogP contribution in [-0.4, -0.2) is 60.9 Å². The van der Waals surface area contributed by atoms with E-state index in [1.54, 1.807) is 17.0 Å². The molecule has 1 aromatic rings. The van der Waals surface area contributed by atoms with E-state index < -0.39 is 10.0 Å². The van der Waals surface area contributed by atoms with E-state index in [1.807, 2.05) is 7.05 Å². The molecule has 132 valence electrons. The van der Waals surface area contributed by atoms with E-state index in [0.29, 0.717) is 29.8 Å². The number of carbonyl (C=O) groups is 1. The molecule has 0 N–H and O–H groups in total. The summed E-state index contributed by atoms with van der Waals surface area (Å²) in [4.78, 5) is 18.3. The van der Waals surface area contributed by atoms with E-state index in [0.717, 1.165) is 19.4 Å². The summed E-state index contributed by atoms with van der Waals surface area (Å²) in [5, 5.41) is 0.670. The van der Waals surface area contributed by atoms with Gasteiger partial charge in [-0.2, -0.15) is 4.31 Å². The van der Waals surface area contributed by atoms with Crippen molar-refractivity contribution in [3.63, 3.8) is 0 Å². The quantitative estimate of drug-likeness (QED) is 0.686. The van der Waals surface area contributed by atoms with E-state index in [9.17, 15) is 13.2 Å². The Morgan fingerprint density at radius 2 is 2.04 bits per heavy atom. The average Bonchev–Trinajstić information content (AvgIpc) is 3.20. The molecule has 3 rings (SSSR count). The van der Waals surface area contributed by atoms with Crippen LogP contribution in [0, 0.1) is 5.92 Å². The molecule has 0 unspecified atom stereocenters. The van der Waals surface area contributed by atoms with Gasteiger partial charge in [0.2, 0.25) is 15.9 Å². The molecule has 2 heterocycles. The Morgan fingerprint density at radius 1 is 1.33 bits per heavy atom. The lowest BCUT2D eigenvalue weighted by Gasteiger charge is -2.16. The second kappa shape index (κ2) is 7.41. The van der Waals surface area contributed by atoms with Gasteiger partial charge >= 0.3 is 0 Å². The number of sulfonamides is 1. The second-order valence-corrected chi connectivity index (χ2v) is 9.38. The minimum absolute atomic E-state index is 0.0856. The van der Waals surface area contributed by atoms with Crippen LogP contribution in [0.1, 0.15) is 25.7 Å². The highest BCUT2D eigenvalue weighted by molar-refractivity contribution is 7.99. The molecule has 6 nitrogen and oxygen atoms in total. The Balaban J connectivity index is 1.55. The zero-order chi connectivity index (χ0) is 17.2. The topological polar surface area (TPSA) is 70.6 Å². The normalized spacial score (nSPS) is 18.7. The van der Waals surface area contributed by atoms with Crippen molar-refractivity contribution in [2.45, 2.75) is 35.6 Å². The predicted molar refractivity (Wildman–Crippen MR) is 93.3 cm³/mol. The average molecular weight is 370 g/mol. The summed E-state index contributed by atoms with van der Waals surface area (Å²) < 4.78 is 26.4. The zero-order valence-electron chi connectivity index (χ0n) is 13.8. The van der Waals surface area contributed by atoms with Crippen LogP contribution < -0.4 is 0 Å². The molecular formula is C16H23N3O3S2. The summed E-state index contributed by atoms with van der Waals surface area (Å²) >= 11 is 1.35. The monoisotopic (exact) mass is 369 g/mol. The molecule has 0 bridgehead atoms. The number of thioether (sulfide) groups is 1. The van der Waals surface area contributed by atoms with Gasteiger partial charge in [-0.15, -0.1) is 0 Å². The third kappa shape index (κ3) is 4.29. The lowest BCUT2D eigenvalue weighted by Crippen LogP contribution is -2.30. The van der Waals surface area contributed by atoms with E-state index >= 15 is 0 Å². The fourth-order valence-corrected chi connectivity index (χ4v) is 4.96. The second-order valence-electron chi connectivity index (χ2n) is 6.45. The third-order valence-electron chi connectivity index (χ3n) is 4.41. The molecule has 1 saturated heterocycles. The van der Waals surface area contributed by atoms with Crippen LogP contribution in [0.4, 0.5) is 0 Å². The summed E-state index contributed by atoms with van der Waals surface area (Å²) in [7, 11) is -1.59. The minimum atomic E-state index is -3.42. The van der Waals surface area contributed by atoms with Gasteiger partial charge in [-0.3, -0.25) is 4.79 Å². The molecule has 2 fully saturated rings. The lowest BCUT2D eigenvalue weighted by molar-refractivity contribution is -0.127. The minimum Gasteiger partial charge on any atom is -0.345 e. The van der Waals surface area contributed by atoms with Crippen molar-refractivity contribution in [1.82, 2.24) is 14.2 Å². The predicted octanol–water partition coefficient (Wildman–Crippen LogP) is 1.83. The number of carbonyl (C=O) groups excluding carboxylic acids is 1. The van der Waals surface area contributed by atoms with Crippen molar-refractivity contribution in [3.05, 3.63) is 18.3 Å². The van der Waals surface area contributed by atoms with E-state index in [2.05, 4.69) is 4.98 Å². The number of aromatic nitrogens is 1. The van der Waals surface area contributed by atoms with E-state index in [1.165, 1.54) is 35.1 Å². The number of pyridine rings is 1. The van der Waals surface area contributed by atoms with Crippen molar-refractivity contribution < 1.29 is 13.2 Å². The Labute approximate surface area is 147 Å². The Kier molecular flexibility index (Phi) is 5.46. The molecule has 0 spiro atoms. The summed E-state index contributed by atoms with van der Waals surface area (Å²) in [5.41, 5.74) is 0. The standard InChI is InChI=1S/C16H23N3O3S2/c1-18(11-13-4-5-13)16(20)12-23-15-7-6-14(10-17-15)24(21,22)19-8-2-3-9-19/h6-7,10,13H,2-5,8-9,11-12H2,1H3. The van der Waals surface area contributed by atoms with Gasteiger partial charge in [-0.25, -0.2) is 13.4 Å². The molecule has 1 aliphatic carbocycles. The number of hydrogen-bond donors (Lipinski definition) is 0. The molecule has 8 heteroatoms. The molecule has 2 aliphatic rings. The van der Waals surface area contributed by atoms with Gasteiger partial charge in [0.15, 0.2) is 0 Å². The van der Waals surface area contributed by atoms with Gasteiger partial charge in [-0.1, -0.05) is 11.8 Å². The summed E-state index contributed by atoms with van der Waals surface area (Å²) in [6, 6.07) is 3.27. The molecule has 1 aromatic heterocycles. The summed E-state index contributed by atoms with van der Waals surface area (Å²) in [5.74, 6) is 1.09. The van der Waals surface area contributed by atoms with Crippen LogP contribution in [0.3, 0.4) is 0 Å². The number of rotatable bonds is 7. The SMILES string of the molecule is CN(CC1CC1)C(=O)CSc1ccc(S(=O)(=O)N2CCCC2)cn1. The number of nitrogens with zero attached hydrogens (tertiary/aromatic N) is 3. The first-order chi connectivity index (χ1) is 11.5. The van der Waals surface area contributed by atoms with Gasteiger partial charge in [0, 0.05) is 32.9 Å². The first-order valence-corrected chi connectivity index (χ1v) is 10.7. The largest absolute Gasteiger partial charge is 0.345 e. The molecule has 1 amide bonds. The first-order valence-electron chi connectivity index (χ1n) is 8.30. The molecule has 1 saturated carbocycles. The maximum absolute atomic E-state index is 12.4. The molecule has 1 aliphatic heterocycles. The van der Waals surface area contributed by atoms with Gasteiger partial charge in [0.25, 0.3) is 0 Å². The first kappa shape index (κ1) is 17.7. The Bertz CT molecular complexity index is 681. The van der Waals surface area contributed by atoms with Crippen molar-refractivity contribution in [2.75, 3.05) is 32.4 Å². The van der Waals surface area contributed by atoms with Crippen LogP contribution >= 0.6 is 11.8 Å². The summed E-state index contributed by atoms with van der Waals surface area (Å²) in [6.07, 6.45) is 5.67. The molecule has 0 atom stereocenters. The Morgan fingerprint density at radius 3 is 2.62 bits per heavy atom. The highest BCUT2D eigenvalue weighted by Gasteiger charge is 2.27. The van der Waals surface area contributed by atoms with Crippen LogP contribution in [0.5, 0.6) is 0 Å². The fraction of sp³-hybridized carbons (Fsp3) is 0.625. The van der Waals surface area contributed by atoms with Crippen LogP contribution in [-0.2, 0) is 14.8 Å². The van der Waals surface area contributed by atoms with Crippen molar-refractivity contribution in [3.8, 4) is 0 Å². The maximum Gasteiger partial charge on any atom is 0.244 e.